The summed E-state index contributed by atoms with van der Waals surface area (Å²) in [7, 11) is 0. The highest BCUT2D eigenvalue weighted by Crippen LogP contribution is 2.44. The van der Waals surface area contributed by atoms with E-state index in [0.717, 1.165) is 5.69 Å². The highest BCUT2D eigenvalue weighted by molar-refractivity contribution is 5.76. The van der Waals surface area contributed by atoms with E-state index in [2.05, 4.69) is 5.32 Å². The van der Waals surface area contributed by atoms with Gasteiger partial charge in [0.05, 0.1) is 11.4 Å². The summed E-state index contributed by atoms with van der Waals surface area (Å²) in [6, 6.07) is 9.64. The van der Waals surface area contributed by atoms with Gasteiger partial charge in [-0.1, -0.05) is 0 Å². The second kappa shape index (κ2) is 3.06. The average molecular weight is 215 g/mol. The van der Waals surface area contributed by atoms with Crippen LogP contribution >= 0.6 is 0 Å². The maximum Gasteiger partial charge on any atom is 0.154 e. The molecule has 16 heavy (non-hydrogen) atoms. The Kier molecular flexibility index (Phi) is 1.71. The number of nitrogens with one attached hydrogen (secondary N) is 1. The van der Waals surface area contributed by atoms with Crippen molar-refractivity contribution in [2.24, 2.45) is 0 Å². The van der Waals surface area contributed by atoms with E-state index in [1.54, 1.807) is 30.3 Å². The highest BCUT2D eigenvalue weighted by Gasteiger charge is 2.16. The van der Waals surface area contributed by atoms with Crippen LogP contribution in [0, 0.1) is 0 Å². The molecule has 2 aromatic rings. The Bertz CT molecular complexity index is 515. The van der Waals surface area contributed by atoms with Gasteiger partial charge in [-0.05, 0) is 24.3 Å². The highest BCUT2D eigenvalue weighted by atomic mass is 16.5. The van der Waals surface area contributed by atoms with Crippen LogP contribution in [-0.2, 0) is 0 Å². The van der Waals surface area contributed by atoms with Crippen LogP contribution in [-0.4, -0.2) is 10.2 Å². The molecule has 1 aliphatic heterocycles. The largest absolute Gasteiger partial charge is 0.508 e. The number of fused-ring (bicyclic) bond motifs is 2. The van der Waals surface area contributed by atoms with E-state index in [1.165, 1.54) is 6.07 Å². The third-order valence-corrected chi connectivity index (χ3v) is 2.42. The Morgan fingerprint density at radius 3 is 2.44 bits per heavy atom. The minimum absolute atomic E-state index is 0.155. The maximum atomic E-state index is 9.34. The summed E-state index contributed by atoms with van der Waals surface area (Å²) in [5, 5.41) is 21.8. The van der Waals surface area contributed by atoms with Crippen LogP contribution < -0.4 is 10.1 Å². The number of rotatable bonds is 0. The monoisotopic (exact) mass is 215 g/mol. The van der Waals surface area contributed by atoms with Gasteiger partial charge in [-0.25, -0.2) is 0 Å². The quantitative estimate of drug-likeness (QED) is 0.504. The summed E-state index contributed by atoms with van der Waals surface area (Å²) >= 11 is 0. The molecule has 1 aliphatic rings. The number of phenols is 2. The van der Waals surface area contributed by atoms with Crippen LogP contribution in [0.2, 0.25) is 0 Å². The molecule has 80 valence electrons. The van der Waals surface area contributed by atoms with Gasteiger partial charge in [0, 0.05) is 12.1 Å². The van der Waals surface area contributed by atoms with Crippen molar-refractivity contribution >= 4 is 11.4 Å². The van der Waals surface area contributed by atoms with Gasteiger partial charge >= 0.3 is 0 Å². The average Bonchev–Trinajstić information content (AvgIpc) is 2.26. The Hall–Kier alpha value is -2.36. The number of hydrogen-bond donors (Lipinski definition) is 3. The topological polar surface area (TPSA) is 61.7 Å². The number of aromatic hydroxyl groups is 2. The van der Waals surface area contributed by atoms with Crippen molar-refractivity contribution in [2.75, 3.05) is 5.32 Å². The molecule has 0 atom stereocenters. The first-order valence-corrected chi connectivity index (χ1v) is 4.83. The van der Waals surface area contributed by atoms with Gasteiger partial charge in [0.15, 0.2) is 11.5 Å². The molecule has 4 heteroatoms. The Labute approximate surface area is 91.7 Å². The molecule has 0 saturated carbocycles. The van der Waals surface area contributed by atoms with Crippen LogP contribution in [0.25, 0.3) is 0 Å². The first-order chi connectivity index (χ1) is 7.72. The Morgan fingerprint density at radius 1 is 0.812 bits per heavy atom. The molecular weight excluding hydrogens is 206 g/mol. The SMILES string of the molecule is Oc1ccc2c(c1)Nc1ccc(O)cc1O2. The second-order valence-electron chi connectivity index (χ2n) is 3.59. The van der Waals surface area contributed by atoms with E-state index < -0.39 is 0 Å². The van der Waals surface area contributed by atoms with Gasteiger partial charge < -0.3 is 20.3 Å². The van der Waals surface area contributed by atoms with Gasteiger partial charge in [-0.15, -0.1) is 0 Å². The fraction of sp³-hybridized carbons (Fsp3) is 0. The van der Waals surface area contributed by atoms with Gasteiger partial charge in [0.25, 0.3) is 0 Å². The molecule has 4 nitrogen and oxygen atoms in total. The van der Waals surface area contributed by atoms with Crippen molar-refractivity contribution < 1.29 is 14.9 Å². The number of benzene rings is 2. The molecule has 1 heterocycles. The van der Waals surface area contributed by atoms with Gasteiger partial charge in [-0.3, -0.25) is 0 Å². The van der Waals surface area contributed by atoms with Gasteiger partial charge in [-0.2, -0.15) is 0 Å². The Balaban J connectivity index is 2.09. The van der Waals surface area contributed by atoms with Crippen molar-refractivity contribution in [3.63, 3.8) is 0 Å². The number of phenolic OH excluding ortho intramolecular Hbond substituents is 2. The van der Waals surface area contributed by atoms with E-state index >= 15 is 0 Å². The minimum Gasteiger partial charge on any atom is -0.508 e. The van der Waals surface area contributed by atoms with Crippen LogP contribution in [0.15, 0.2) is 36.4 Å². The third-order valence-electron chi connectivity index (χ3n) is 2.42. The first kappa shape index (κ1) is 8.91. The first-order valence-electron chi connectivity index (χ1n) is 4.83. The number of ether oxygens (including phenoxy) is 1. The zero-order chi connectivity index (χ0) is 11.1. The molecular formula is C12H9NO3. The summed E-state index contributed by atoms with van der Waals surface area (Å²) in [4.78, 5) is 0. The van der Waals surface area contributed by atoms with Crippen molar-refractivity contribution in [3.05, 3.63) is 36.4 Å². The molecule has 0 saturated heterocycles. The minimum atomic E-state index is 0.155. The maximum absolute atomic E-state index is 9.34. The Morgan fingerprint density at radius 2 is 1.56 bits per heavy atom. The van der Waals surface area contributed by atoms with Crippen molar-refractivity contribution in [1.82, 2.24) is 0 Å². The standard InChI is InChI=1S/C12H9NO3/c14-7-2-4-11-10(5-7)13-9-3-1-8(15)6-12(9)16-11/h1-6,13-15H. The third kappa shape index (κ3) is 1.32. The smallest absolute Gasteiger partial charge is 0.154 e. The van der Waals surface area contributed by atoms with E-state index in [9.17, 15) is 10.2 Å². The molecule has 3 N–H and O–H groups in total. The van der Waals surface area contributed by atoms with Gasteiger partial charge in [0.2, 0.25) is 0 Å². The lowest BCUT2D eigenvalue weighted by molar-refractivity contribution is 0.450. The fourth-order valence-electron chi connectivity index (χ4n) is 1.67. The number of anilines is 2. The summed E-state index contributed by atoms with van der Waals surface area (Å²) in [6.45, 7) is 0. The molecule has 0 unspecified atom stereocenters. The molecule has 0 amide bonds. The normalized spacial score (nSPS) is 12.0. The predicted molar refractivity (Wildman–Crippen MR) is 59.6 cm³/mol. The molecule has 0 radical (unpaired) electrons. The molecule has 0 fully saturated rings. The van der Waals surface area contributed by atoms with Crippen LogP contribution in [0.1, 0.15) is 0 Å². The summed E-state index contributed by atoms with van der Waals surface area (Å²) in [6.07, 6.45) is 0. The van der Waals surface area contributed by atoms with Crippen LogP contribution in [0.4, 0.5) is 11.4 Å². The van der Waals surface area contributed by atoms with Crippen LogP contribution in [0.5, 0.6) is 23.0 Å². The van der Waals surface area contributed by atoms with E-state index in [0.29, 0.717) is 17.2 Å². The van der Waals surface area contributed by atoms with Crippen molar-refractivity contribution in [2.45, 2.75) is 0 Å². The molecule has 0 aromatic heterocycles. The second-order valence-corrected chi connectivity index (χ2v) is 3.59. The lowest BCUT2D eigenvalue weighted by Gasteiger charge is -2.21. The lowest BCUT2D eigenvalue weighted by atomic mass is 10.2. The van der Waals surface area contributed by atoms with E-state index in [4.69, 9.17) is 4.74 Å². The summed E-state index contributed by atoms with van der Waals surface area (Å²) in [5.41, 5.74) is 1.47. The molecule has 0 spiro atoms. The zero-order valence-corrected chi connectivity index (χ0v) is 8.27. The molecule has 2 aromatic carbocycles. The number of hydrogen-bond acceptors (Lipinski definition) is 4. The van der Waals surface area contributed by atoms with E-state index in [1.807, 2.05) is 0 Å². The fourth-order valence-corrected chi connectivity index (χ4v) is 1.67. The van der Waals surface area contributed by atoms with Crippen LogP contribution in [0.3, 0.4) is 0 Å². The predicted octanol–water partition coefficient (Wildman–Crippen LogP) is 2.95. The zero-order valence-electron chi connectivity index (χ0n) is 8.27. The van der Waals surface area contributed by atoms with Gasteiger partial charge in [0.1, 0.15) is 11.5 Å². The summed E-state index contributed by atoms with van der Waals surface area (Å²) in [5.74, 6) is 1.52. The molecule has 0 bridgehead atoms. The van der Waals surface area contributed by atoms with Crippen molar-refractivity contribution in [3.8, 4) is 23.0 Å². The summed E-state index contributed by atoms with van der Waals surface area (Å²) < 4.78 is 5.58. The van der Waals surface area contributed by atoms with Crippen molar-refractivity contribution in [1.29, 1.82) is 0 Å². The molecule has 3 rings (SSSR count). The molecule has 0 aliphatic carbocycles. The van der Waals surface area contributed by atoms with E-state index in [-0.39, 0.29) is 11.5 Å². The lowest BCUT2D eigenvalue weighted by Crippen LogP contribution is -2.02.